The topological polar surface area (TPSA) is 17.1 Å². The highest BCUT2D eigenvalue weighted by Gasteiger charge is 2.32. The van der Waals surface area contributed by atoms with Gasteiger partial charge in [0.2, 0.25) is 0 Å². The van der Waals surface area contributed by atoms with Crippen molar-refractivity contribution in [1.29, 1.82) is 0 Å². The third kappa shape index (κ3) is 3.33. The summed E-state index contributed by atoms with van der Waals surface area (Å²) < 4.78 is 0. The SMILES string of the molecule is CCC1CCCC(C(=O)C2CCCC(C)C2)C1. The van der Waals surface area contributed by atoms with E-state index in [0.29, 0.717) is 17.6 Å². The van der Waals surface area contributed by atoms with Gasteiger partial charge in [0.15, 0.2) is 0 Å². The van der Waals surface area contributed by atoms with Crippen molar-refractivity contribution < 1.29 is 4.79 Å². The lowest BCUT2D eigenvalue weighted by Gasteiger charge is -2.32. The molecule has 98 valence electrons. The molecule has 0 N–H and O–H groups in total. The van der Waals surface area contributed by atoms with Gasteiger partial charge in [0.05, 0.1) is 0 Å². The van der Waals surface area contributed by atoms with E-state index in [0.717, 1.165) is 11.8 Å². The van der Waals surface area contributed by atoms with Crippen LogP contribution in [0.15, 0.2) is 0 Å². The van der Waals surface area contributed by atoms with Crippen LogP contribution in [0.2, 0.25) is 0 Å². The fraction of sp³-hybridized carbons (Fsp3) is 0.938. The molecular weight excluding hydrogens is 208 g/mol. The maximum atomic E-state index is 12.6. The van der Waals surface area contributed by atoms with Crippen molar-refractivity contribution in [2.75, 3.05) is 0 Å². The highest BCUT2D eigenvalue weighted by molar-refractivity contribution is 5.83. The predicted octanol–water partition coefficient (Wildman–Crippen LogP) is 4.60. The molecule has 0 aliphatic heterocycles. The van der Waals surface area contributed by atoms with Gasteiger partial charge in [-0.1, -0.05) is 46.0 Å². The number of rotatable bonds is 3. The van der Waals surface area contributed by atoms with Gasteiger partial charge < -0.3 is 0 Å². The Hall–Kier alpha value is -0.330. The molecule has 0 radical (unpaired) electrons. The Morgan fingerprint density at radius 3 is 2.29 bits per heavy atom. The second kappa shape index (κ2) is 6.02. The molecule has 2 aliphatic rings. The normalized spacial score (nSPS) is 38.9. The van der Waals surface area contributed by atoms with Crippen molar-refractivity contribution in [2.45, 2.75) is 71.6 Å². The minimum atomic E-state index is 0.416. The summed E-state index contributed by atoms with van der Waals surface area (Å²) in [6.07, 6.45) is 11.3. The summed E-state index contributed by atoms with van der Waals surface area (Å²) in [5, 5.41) is 0. The number of carbonyl (C=O) groups excluding carboxylic acids is 1. The molecule has 0 saturated heterocycles. The Kier molecular flexibility index (Phi) is 4.64. The Morgan fingerprint density at radius 2 is 1.65 bits per heavy atom. The second-order valence-electron chi connectivity index (χ2n) is 6.51. The zero-order valence-corrected chi connectivity index (χ0v) is 11.6. The molecule has 2 saturated carbocycles. The van der Waals surface area contributed by atoms with Crippen LogP contribution in [0.4, 0.5) is 0 Å². The van der Waals surface area contributed by atoms with Crippen molar-refractivity contribution in [1.82, 2.24) is 0 Å². The zero-order chi connectivity index (χ0) is 12.3. The van der Waals surface area contributed by atoms with E-state index in [1.807, 2.05) is 0 Å². The van der Waals surface area contributed by atoms with Crippen LogP contribution in [-0.2, 0) is 4.79 Å². The maximum absolute atomic E-state index is 12.6. The molecule has 17 heavy (non-hydrogen) atoms. The molecule has 0 spiro atoms. The quantitative estimate of drug-likeness (QED) is 0.700. The molecule has 1 heteroatoms. The van der Waals surface area contributed by atoms with Gasteiger partial charge in [0, 0.05) is 11.8 Å². The molecule has 4 unspecified atom stereocenters. The molecule has 4 atom stereocenters. The van der Waals surface area contributed by atoms with Crippen LogP contribution in [0.5, 0.6) is 0 Å². The Morgan fingerprint density at radius 1 is 1.00 bits per heavy atom. The summed E-state index contributed by atoms with van der Waals surface area (Å²) in [5.41, 5.74) is 0. The monoisotopic (exact) mass is 236 g/mol. The molecular formula is C16H28O. The van der Waals surface area contributed by atoms with Gasteiger partial charge in [0.1, 0.15) is 5.78 Å². The van der Waals surface area contributed by atoms with Crippen molar-refractivity contribution in [2.24, 2.45) is 23.7 Å². The summed E-state index contributed by atoms with van der Waals surface area (Å²) in [6, 6.07) is 0. The lowest BCUT2D eigenvalue weighted by Crippen LogP contribution is -2.31. The summed E-state index contributed by atoms with van der Waals surface area (Å²) >= 11 is 0. The van der Waals surface area contributed by atoms with Gasteiger partial charge in [0.25, 0.3) is 0 Å². The van der Waals surface area contributed by atoms with E-state index in [4.69, 9.17) is 0 Å². The minimum Gasteiger partial charge on any atom is -0.299 e. The van der Waals surface area contributed by atoms with Crippen LogP contribution in [0, 0.1) is 23.7 Å². The van der Waals surface area contributed by atoms with E-state index < -0.39 is 0 Å². The predicted molar refractivity (Wildman–Crippen MR) is 71.9 cm³/mol. The smallest absolute Gasteiger partial charge is 0.139 e. The highest BCUT2D eigenvalue weighted by atomic mass is 16.1. The average Bonchev–Trinajstić information content (AvgIpc) is 2.38. The van der Waals surface area contributed by atoms with E-state index in [1.54, 1.807) is 0 Å². The summed E-state index contributed by atoms with van der Waals surface area (Å²) in [6.45, 7) is 4.59. The largest absolute Gasteiger partial charge is 0.299 e. The Bertz CT molecular complexity index is 258. The first kappa shape index (κ1) is 13.1. The number of hydrogen-bond donors (Lipinski definition) is 0. The average molecular weight is 236 g/mol. The number of ketones is 1. The van der Waals surface area contributed by atoms with Gasteiger partial charge in [-0.25, -0.2) is 0 Å². The summed E-state index contributed by atoms with van der Waals surface area (Å²) in [5.74, 6) is 3.08. The first-order valence-corrected chi connectivity index (χ1v) is 7.74. The molecule has 0 heterocycles. The number of Topliss-reactive ketones (excluding diaryl/α,β-unsaturated/α-hetero) is 1. The molecule has 0 bridgehead atoms. The van der Waals surface area contributed by atoms with Gasteiger partial charge >= 0.3 is 0 Å². The van der Waals surface area contributed by atoms with Crippen LogP contribution in [0.25, 0.3) is 0 Å². The van der Waals surface area contributed by atoms with Crippen LogP contribution in [-0.4, -0.2) is 5.78 Å². The lowest BCUT2D eigenvalue weighted by molar-refractivity contribution is -0.129. The molecule has 0 aromatic carbocycles. The Labute approximate surface area is 106 Å². The van der Waals surface area contributed by atoms with E-state index in [9.17, 15) is 4.79 Å². The minimum absolute atomic E-state index is 0.416. The molecule has 0 aromatic heterocycles. The van der Waals surface area contributed by atoms with Crippen molar-refractivity contribution in [3.8, 4) is 0 Å². The van der Waals surface area contributed by atoms with Crippen LogP contribution in [0.1, 0.15) is 71.6 Å². The molecule has 1 nitrogen and oxygen atoms in total. The summed E-state index contributed by atoms with van der Waals surface area (Å²) in [4.78, 5) is 12.6. The first-order valence-electron chi connectivity index (χ1n) is 7.74. The van der Waals surface area contributed by atoms with Crippen LogP contribution < -0.4 is 0 Å². The molecule has 2 aliphatic carbocycles. The van der Waals surface area contributed by atoms with E-state index in [-0.39, 0.29) is 0 Å². The highest BCUT2D eigenvalue weighted by Crippen LogP contribution is 2.37. The second-order valence-corrected chi connectivity index (χ2v) is 6.51. The zero-order valence-electron chi connectivity index (χ0n) is 11.6. The van der Waals surface area contributed by atoms with Gasteiger partial charge in [-0.2, -0.15) is 0 Å². The third-order valence-electron chi connectivity index (χ3n) is 5.10. The lowest BCUT2D eigenvalue weighted by atomic mass is 9.71. The van der Waals surface area contributed by atoms with E-state index >= 15 is 0 Å². The fourth-order valence-electron chi connectivity index (χ4n) is 3.95. The number of hydrogen-bond acceptors (Lipinski definition) is 1. The Balaban J connectivity index is 1.89. The van der Waals surface area contributed by atoms with Crippen LogP contribution in [0.3, 0.4) is 0 Å². The van der Waals surface area contributed by atoms with Crippen molar-refractivity contribution >= 4 is 5.78 Å². The van der Waals surface area contributed by atoms with E-state index in [2.05, 4.69) is 13.8 Å². The van der Waals surface area contributed by atoms with Crippen molar-refractivity contribution in [3.63, 3.8) is 0 Å². The van der Waals surface area contributed by atoms with Crippen molar-refractivity contribution in [3.05, 3.63) is 0 Å². The number of carbonyl (C=O) groups is 1. The fourth-order valence-corrected chi connectivity index (χ4v) is 3.95. The maximum Gasteiger partial charge on any atom is 0.139 e. The van der Waals surface area contributed by atoms with Gasteiger partial charge in [-0.3, -0.25) is 4.79 Å². The summed E-state index contributed by atoms with van der Waals surface area (Å²) in [7, 11) is 0. The molecule has 0 aromatic rings. The van der Waals surface area contributed by atoms with E-state index in [1.165, 1.54) is 57.8 Å². The standard InChI is InChI=1S/C16H28O/c1-3-13-7-5-9-15(11-13)16(17)14-8-4-6-12(2)10-14/h12-15H,3-11H2,1-2H3. The molecule has 2 fully saturated rings. The molecule has 0 amide bonds. The van der Waals surface area contributed by atoms with Gasteiger partial charge in [-0.05, 0) is 37.5 Å². The molecule has 2 rings (SSSR count). The first-order chi connectivity index (χ1) is 8.20. The van der Waals surface area contributed by atoms with Gasteiger partial charge in [-0.15, -0.1) is 0 Å². The third-order valence-corrected chi connectivity index (χ3v) is 5.10. The van der Waals surface area contributed by atoms with Crippen LogP contribution >= 0.6 is 0 Å².